The van der Waals surface area contributed by atoms with Gasteiger partial charge in [-0.05, 0) is 40.1 Å². The summed E-state index contributed by atoms with van der Waals surface area (Å²) in [4.78, 5) is 4.28. The smallest absolute Gasteiger partial charge is 0.248 e. The Morgan fingerprint density at radius 2 is 2.04 bits per heavy atom. The number of nitrogens with zero attached hydrogens (tertiary/aromatic N) is 5. The Bertz CT molecular complexity index is 821. The monoisotopic (exact) mass is 358 g/mol. The van der Waals surface area contributed by atoms with Gasteiger partial charge in [0, 0.05) is 12.7 Å². The lowest BCUT2D eigenvalue weighted by Crippen LogP contribution is -2.09. The zero-order valence-electron chi connectivity index (χ0n) is 14.1. The normalized spacial score (nSPS) is 10.9. The Kier molecular flexibility index (Phi) is 5.45. The third kappa shape index (κ3) is 4.45. The number of anilines is 1. The molecule has 0 saturated heterocycles. The van der Waals surface area contributed by atoms with Crippen molar-refractivity contribution in [2.24, 2.45) is 5.92 Å². The first-order valence-corrected chi connectivity index (χ1v) is 8.36. The average molecular weight is 359 g/mol. The Balaban J connectivity index is 1.67. The van der Waals surface area contributed by atoms with E-state index in [0.29, 0.717) is 35.9 Å². The van der Waals surface area contributed by atoms with Crippen LogP contribution >= 0.6 is 11.6 Å². The molecule has 0 aliphatic carbocycles. The van der Waals surface area contributed by atoms with Crippen molar-refractivity contribution in [2.45, 2.75) is 20.4 Å². The van der Waals surface area contributed by atoms with Gasteiger partial charge in [0.1, 0.15) is 5.02 Å². The Labute approximate surface area is 151 Å². The number of tetrazole rings is 1. The van der Waals surface area contributed by atoms with Crippen molar-refractivity contribution in [3.8, 4) is 11.6 Å². The molecule has 3 aromatic rings. The molecule has 8 heteroatoms. The minimum Gasteiger partial charge on any atom is -0.476 e. The maximum absolute atomic E-state index is 6.24. The summed E-state index contributed by atoms with van der Waals surface area (Å²) in [6.07, 6.45) is 1.73. The van der Waals surface area contributed by atoms with E-state index in [1.165, 1.54) is 0 Å². The van der Waals surface area contributed by atoms with E-state index < -0.39 is 0 Å². The van der Waals surface area contributed by atoms with E-state index in [2.05, 4.69) is 39.7 Å². The molecular weight excluding hydrogens is 340 g/mol. The van der Waals surface area contributed by atoms with Crippen LogP contribution in [0.15, 0.2) is 42.6 Å². The molecule has 2 heterocycles. The lowest BCUT2D eigenvalue weighted by molar-refractivity contribution is 0.261. The molecule has 0 atom stereocenters. The molecule has 3 rings (SSSR count). The third-order valence-electron chi connectivity index (χ3n) is 3.34. The Morgan fingerprint density at radius 1 is 1.24 bits per heavy atom. The number of benzene rings is 1. The molecule has 0 aliphatic rings. The van der Waals surface area contributed by atoms with Gasteiger partial charge in [0.2, 0.25) is 11.8 Å². The average Bonchev–Trinajstić information content (AvgIpc) is 3.08. The van der Waals surface area contributed by atoms with Crippen molar-refractivity contribution in [3.63, 3.8) is 0 Å². The van der Waals surface area contributed by atoms with E-state index in [1.807, 2.05) is 36.4 Å². The van der Waals surface area contributed by atoms with Gasteiger partial charge in [-0.15, -0.1) is 0 Å². The van der Waals surface area contributed by atoms with Gasteiger partial charge in [0.15, 0.2) is 0 Å². The predicted molar refractivity (Wildman–Crippen MR) is 96.1 cm³/mol. The number of nitrogens with one attached hydrogen (secondary N) is 1. The summed E-state index contributed by atoms with van der Waals surface area (Å²) in [6, 6.07) is 11.5. The van der Waals surface area contributed by atoms with Crippen molar-refractivity contribution >= 4 is 17.5 Å². The highest BCUT2D eigenvalue weighted by Gasteiger charge is 2.09. The van der Waals surface area contributed by atoms with Crippen molar-refractivity contribution in [2.75, 3.05) is 11.9 Å². The highest BCUT2D eigenvalue weighted by Crippen LogP contribution is 2.23. The summed E-state index contributed by atoms with van der Waals surface area (Å²) in [5.74, 6) is 1.41. The lowest BCUT2D eigenvalue weighted by atomic mass is 10.2. The first-order chi connectivity index (χ1) is 12.1. The summed E-state index contributed by atoms with van der Waals surface area (Å²) < 4.78 is 7.21. The number of pyridine rings is 1. The molecule has 0 spiro atoms. The molecule has 1 aromatic carbocycles. The minimum atomic E-state index is 0.413. The Morgan fingerprint density at radius 3 is 2.76 bits per heavy atom. The number of rotatable bonds is 7. The van der Waals surface area contributed by atoms with Gasteiger partial charge in [-0.3, -0.25) is 0 Å². The fraction of sp³-hybridized carbons (Fsp3) is 0.294. The maximum Gasteiger partial charge on any atom is 0.248 e. The van der Waals surface area contributed by atoms with Crippen LogP contribution in [0, 0.1) is 5.92 Å². The highest BCUT2D eigenvalue weighted by atomic mass is 35.5. The molecule has 0 amide bonds. The number of aromatic nitrogens is 5. The number of hydrogen-bond acceptors (Lipinski definition) is 6. The van der Waals surface area contributed by atoms with Crippen molar-refractivity contribution in [3.05, 3.63) is 53.2 Å². The zero-order chi connectivity index (χ0) is 17.6. The van der Waals surface area contributed by atoms with Crippen LogP contribution in [0.5, 0.6) is 5.88 Å². The van der Waals surface area contributed by atoms with Crippen molar-refractivity contribution in [1.29, 1.82) is 0 Å². The fourth-order valence-electron chi connectivity index (χ4n) is 2.14. The van der Waals surface area contributed by atoms with Crippen LogP contribution in [0.4, 0.5) is 5.95 Å². The Hall–Kier alpha value is -2.67. The molecule has 0 aliphatic heterocycles. The summed E-state index contributed by atoms with van der Waals surface area (Å²) in [5, 5.41) is 15.4. The summed E-state index contributed by atoms with van der Waals surface area (Å²) in [5.41, 5.74) is 1.79. The maximum atomic E-state index is 6.24. The number of para-hydroxylation sites is 1. The van der Waals surface area contributed by atoms with Gasteiger partial charge >= 0.3 is 0 Å². The molecule has 2 aromatic heterocycles. The molecule has 0 fully saturated rings. The SMILES string of the molecule is CC(C)COc1ncc(CNc2nnnn2-c2ccccc2)cc1Cl. The van der Waals surface area contributed by atoms with E-state index >= 15 is 0 Å². The van der Waals surface area contributed by atoms with Crippen molar-refractivity contribution < 1.29 is 4.74 Å². The largest absolute Gasteiger partial charge is 0.476 e. The zero-order valence-corrected chi connectivity index (χ0v) is 14.8. The molecule has 7 nitrogen and oxygen atoms in total. The van der Waals surface area contributed by atoms with Gasteiger partial charge in [-0.2, -0.15) is 4.68 Å². The highest BCUT2D eigenvalue weighted by molar-refractivity contribution is 6.31. The topological polar surface area (TPSA) is 77.8 Å². The van der Waals surface area contributed by atoms with E-state index in [1.54, 1.807) is 10.9 Å². The second-order valence-corrected chi connectivity index (χ2v) is 6.35. The quantitative estimate of drug-likeness (QED) is 0.697. The van der Waals surface area contributed by atoms with Crippen LogP contribution in [-0.2, 0) is 6.54 Å². The van der Waals surface area contributed by atoms with Crippen molar-refractivity contribution in [1.82, 2.24) is 25.2 Å². The number of hydrogen-bond donors (Lipinski definition) is 1. The lowest BCUT2D eigenvalue weighted by Gasteiger charge is -2.11. The molecule has 0 saturated carbocycles. The van der Waals surface area contributed by atoms with Gasteiger partial charge in [0.05, 0.1) is 12.3 Å². The number of ether oxygens (including phenoxy) is 1. The van der Waals surface area contributed by atoms with Crippen LogP contribution < -0.4 is 10.1 Å². The molecule has 25 heavy (non-hydrogen) atoms. The van der Waals surface area contributed by atoms with Crippen LogP contribution in [-0.4, -0.2) is 31.8 Å². The second-order valence-electron chi connectivity index (χ2n) is 5.94. The van der Waals surface area contributed by atoms with Gasteiger partial charge in [0.25, 0.3) is 0 Å². The van der Waals surface area contributed by atoms with E-state index in [4.69, 9.17) is 16.3 Å². The molecule has 130 valence electrons. The van der Waals surface area contributed by atoms with Crippen LogP contribution in [0.2, 0.25) is 5.02 Å². The first kappa shape index (κ1) is 17.2. The van der Waals surface area contributed by atoms with Crippen LogP contribution in [0.3, 0.4) is 0 Å². The van der Waals surface area contributed by atoms with Gasteiger partial charge in [-0.25, -0.2) is 4.98 Å². The summed E-state index contributed by atoms with van der Waals surface area (Å²) in [6.45, 7) is 5.22. The van der Waals surface area contributed by atoms with Crippen LogP contribution in [0.1, 0.15) is 19.4 Å². The van der Waals surface area contributed by atoms with E-state index in [-0.39, 0.29) is 0 Å². The van der Waals surface area contributed by atoms with E-state index in [9.17, 15) is 0 Å². The van der Waals surface area contributed by atoms with Gasteiger partial charge < -0.3 is 10.1 Å². The summed E-state index contributed by atoms with van der Waals surface area (Å²) >= 11 is 6.24. The predicted octanol–water partition coefficient (Wildman–Crippen LogP) is 3.36. The fourth-order valence-corrected chi connectivity index (χ4v) is 2.38. The third-order valence-corrected chi connectivity index (χ3v) is 3.61. The molecule has 0 unspecified atom stereocenters. The minimum absolute atomic E-state index is 0.413. The van der Waals surface area contributed by atoms with E-state index in [0.717, 1.165) is 11.3 Å². The summed E-state index contributed by atoms with van der Waals surface area (Å²) in [7, 11) is 0. The first-order valence-electron chi connectivity index (χ1n) is 7.98. The standard InChI is InChI=1S/C17H19ClN6O/c1-12(2)11-25-16-15(18)8-13(9-19-16)10-20-17-21-22-23-24(17)14-6-4-3-5-7-14/h3-9,12H,10-11H2,1-2H3,(H,20,21,23). The molecule has 0 radical (unpaired) electrons. The molecule has 1 N–H and O–H groups in total. The molecular formula is C17H19ClN6O. The van der Waals surface area contributed by atoms with Gasteiger partial charge in [-0.1, -0.05) is 48.7 Å². The molecule has 0 bridgehead atoms. The number of halogens is 1. The second kappa shape index (κ2) is 7.94. The van der Waals surface area contributed by atoms with Crippen LogP contribution in [0.25, 0.3) is 5.69 Å².